The molecule has 0 aliphatic rings. The lowest BCUT2D eigenvalue weighted by Gasteiger charge is -2.03. The molecule has 0 radical (unpaired) electrons. The second-order valence-electron chi connectivity index (χ2n) is 3.28. The van der Waals surface area contributed by atoms with Crippen LogP contribution in [-0.2, 0) is 0 Å². The number of anilines is 1. The second kappa shape index (κ2) is 5.99. The first-order valence-electron chi connectivity index (χ1n) is 5.06. The zero-order valence-corrected chi connectivity index (χ0v) is 10.2. The molecule has 8 heteroatoms. The lowest BCUT2D eigenvalue weighted by atomic mass is 10.1. The molecule has 0 aliphatic heterocycles. The number of aromatic nitrogens is 3. The third-order valence-electron chi connectivity index (χ3n) is 2.04. The number of hydrogen-bond acceptors (Lipinski definition) is 6. The highest BCUT2D eigenvalue weighted by Gasteiger charge is 2.14. The number of carbonyl (C=O) groups is 1. The Labute approximate surface area is 111 Å². The Hall–Kier alpha value is -2.37. The van der Waals surface area contributed by atoms with Gasteiger partial charge in [0.25, 0.3) is 5.91 Å². The average molecular weight is 278 g/mol. The number of benzene rings is 1. The zero-order valence-electron chi connectivity index (χ0n) is 9.42. The molecular weight excluding hydrogens is 271 g/mol. The summed E-state index contributed by atoms with van der Waals surface area (Å²) in [5.74, 6) is 3.67. The largest absolute Gasteiger partial charge is 0.384 e. The van der Waals surface area contributed by atoms with Crippen molar-refractivity contribution >= 4 is 22.6 Å². The summed E-state index contributed by atoms with van der Waals surface area (Å²) in [4.78, 5) is 11.8. The number of aliphatic hydroxyl groups excluding tert-OH is 1. The van der Waals surface area contributed by atoms with E-state index in [-0.39, 0.29) is 17.3 Å². The highest BCUT2D eigenvalue weighted by atomic mass is 32.1. The molecule has 96 valence electrons. The van der Waals surface area contributed by atoms with Crippen LogP contribution in [0.2, 0.25) is 0 Å². The Balaban J connectivity index is 2.25. The SMILES string of the molecule is O=C(Nc1nnns1)c1cc(C#CCO)ccc1F. The van der Waals surface area contributed by atoms with Gasteiger partial charge < -0.3 is 5.11 Å². The number of hydrogen-bond donors (Lipinski definition) is 2. The van der Waals surface area contributed by atoms with Crippen LogP contribution in [-0.4, -0.2) is 32.4 Å². The number of halogens is 1. The summed E-state index contributed by atoms with van der Waals surface area (Å²) < 4.78 is 17.0. The van der Waals surface area contributed by atoms with E-state index in [1.165, 1.54) is 12.1 Å². The van der Waals surface area contributed by atoms with Crippen molar-refractivity contribution in [2.24, 2.45) is 0 Å². The van der Waals surface area contributed by atoms with E-state index in [1.54, 1.807) is 0 Å². The van der Waals surface area contributed by atoms with Gasteiger partial charge in [-0.2, -0.15) is 0 Å². The molecule has 0 spiro atoms. The van der Waals surface area contributed by atoms with Gasteiger partial charge in [-0.15, -0.1) is 0 Å². The monoisotopic (exact) mass is 278 g/mol. The topological polar surface area (TPSA) is 88.0 Å². The smallest absolute Gasteiger partial charge is 0.260 e. The summed E-state index contributed by atoms with van der Waals surface area (Å²) in [7, 11) is 0. The van der Waals surface area contributed by atoms with Gasteiger partial charge in [-0.3, -0.25) is 10.1 Å². The van der Waals surface area contributed by atoms with Crippen LogP contribution in [0.5, 0.6) is 0 Å². The van der Waals surface area contributed by atoms with E-state index in [2.05, 4.69) is 32.0 Å². The van der Waals surface area contributed by atoms with Crippen LogP contribution in [0.15, 0.2) is 18.2 Å². The van der Waals surface area contributed by atoms with Crippen LogP contribution < -0.4 is 5.32 Å². The highest BCUT2D eigenvalue weighted by Crippen LogP contribution is 2.13. The van der Waals surface area contributed by atoms with Gasteiger partial charge in [0.2, 0.25) is 5.13 Å². The number of aliphatic hydroxyl groups is 1. The zero-order chi connectivity index (χ0) is 13.7. The number of carbonyl (C=O) groups excluding carboxylic acids is 1. The molecule has 1 heterocycles. The van der Waals surface area contributed by atoms with Crippen molar-refractivity contribution in [1.29, 1.82) is 0 Å². The molecule has 1 aromatic carbocycles. The summed E-state index contributed by atoms with van der Waals surface area (Å²) in [5, 5.41) is 18.0. The Kier molecular flexibility index (Phi) is 4.12. The molecule has 1 aromatic heterocycles. The van der Waals surface area contributed by atoms with Crippen molar-refractivity contribution in [2.75, 3.05) is 11.9 Å². The first-order chi connectivity index (χ1) is 9.20. The molecule has 0 bridgehead atoms. The van der Waals surface area contributed by atoms with Crippen molar-refractivity contribution in [1.82, 2.24) is 14.8 Å². The van der Waals surface area contributed by atoms with E-state index in [1.807, 2.05) is 0 Å². The maximum Gasteiger partial charge on any atom is 0.260 e. The van der Waals surface area contributed by atoms with Crippen molar-refractivity contribution in [2.45, 2.75) is 0 Å². The molecule has 0 unspecified atom stereocenters. The van der Waals surface area contributed by atoms with Gasteiger partial charge in [-0.05, 0) is 23.4 Å². The third kappa shape index (κ3) is 3.31. The molecular formula is C11H7FN4O2S. The predicted molar refractivity (Wildman–Crippen MR) is 66.0 cm³/mol. The highest BCUT2D eigenvalue weighted by molar-refractivity contribution is 7.09. The molecule has 0 saturated carbocycles. The van der Waals surface area contributed by atoms with E-state index < -0.39 is 11.7 Å². The first kappa shape index (κ1) is 13.1. The van der Waals surface area contributed by atoms with Gasteiger partial charge in [0, 0.05) is 17.1 Å². The van der Waals surface area contributed by atoms with Gasteiger partial charge in [0.15, 0.2) is 0 Å². The molecule has 19 heavy (non-hydrogen) atoms. The minimum Gasteiger partial charge on any atom is -0.384 e. The summed E-state index contributed by atoms with van der Waals surface area (Å²) in [6.45, 7) is -0.310. The van der Waals surface area contributed by atoms with Crippen molar-refractivity contribution in [3.8, 4) is 11.8 Å². The molecule has 0 atom stereocenters. The minimum absolute atomic E-state index is 0.167. The molecule has 2 aromatic rings. The summed E-state index contributed by atoms with van der Waals surface area (Å²) in [6.07, 6.45) is 0. The van der Waals surface area contributed by atoms with Gasteiger partial charge in [0.1, 0.15) is 12.4 Å². The van der Waals surface area contributed by atoms with Gasteiger partial charge in [-0.25, -0.2) is 4.39 Å². The molecule has 0 saturated heterocycles. The fourth-order valence-electron chi connectivity index (χ4n) is 1.26. The van der Waals surface area contributed by atoms with Crippen LogP contribution in [0, 0.1) is 17.7 Å². The Morgan fingerprint density at radius 3 is 3.05 bits per heavy atom. The van der Waals surface area contributed by atoms with Crippen molar-refractivity contribution < 1.29 is 14.3 Å². The van der Waals surface area contributed by atoms with Crippen LogP contribution in [0.1, 0.15) is 15.9 Å². The molecule has 1 amide bonds. The third-order valence-corrected chi connectivity index (χ3v) is 2.55. The average Bonchev–Trinajstić information content (AvgIpc) is 2.90. The van der Waals surface area contributed by atoms with E-state index in [0.717, 1.165) is 17.6 Å². The van der Waals surface area contributed by atoms with E-state index in [0.29, 0.717) is 5.56 Å². The first-order valence-corrected chi connectivity index (χ1v) is 5.83. The maximum absolute atomic E-state index is 13.6. The molecule has 0 fully saturated rings. The lowest BCUT2D eigenvalue weighted by molar-refractivity contribution is 0.102. The van der Waals surface area contributed by atoms with Crippen LogP contribution in [0.25, 0.3) is 0 Å². The van der Waals surface area contributed by atoms with E-state index in [9.17, 15) is 9.18 Å². The van der Waals surface area contributed by atoms with Crippen molar-refractivity contribution in [3.63, 3.8) is 0 Å². The van der Waals surface area contributed by atoms with Gasteiger partial charge in [-0.1, -0.05) is 21.4 Å². The van der Waals surface area contributed by atoms with E-state index >= 15 is 0 Å². The summed E-state index contributed by atoms with van der Waals surface area (Å²) >= 11 is 0.882. The van der Waals surface area contributed by atoms with Gasteiger partial charge in [0.05, 0.1) is 5.56 Å². The van der Waals surface area contributed by atoms with E-state index in [4.69, 9.17) is 5.11 Å². The predicted octanol–water partition coefficient (Wildman–Crippen LogP) is 0.668. The normalized spacial score (nSPS) is 9.58. The van der Waals surface area contributed by atoms with Crippen molar-refractivity contribution in [3.05, 3.63) is 35.1 Å². The lowest BCUT2D eigenvalue weighted by Crippen LogP contribution is -2.13. The number of rotatable bonds is 2. The molecule has 2 N–H and O–H groups in total. The molecule has 0 aliphatic carbocycles. The molecule has 2 rings (SSSR count). The quantitative estimate of drug-likeness (QED) is 0.788. The number of nitrogens with one attached hydrogen (secondary N) is 1. The fraction of sp³-hybridized carbons (Fsp3) is 0.0909. The fourth-order valence-corrected chi connectivity index (χ4v) is 1.63. The van der Waals surface area contributed by atoms with Crippen LogP contribution in [0.3, 0.4) is 0 Å². The van der Waals surface area contributed by atoms with Gasteiger partial charge >= 0.3 is 0 Å². The Morgan fingerprint density at radius 1 is 1.53 bits per heavy atom. The van der Waals surface area contributed by atoms with Crippen LogP contribution in [0.4, 0.5) is 9.52 Å². The summed E-state index contributed by atoms with van der Waals surface area (Å²) in [6, 6.07) is 3.84. The number of amides is 1. The Morgan fingerprint density at radius 2 is 2.37 bits per heavy atom. The second-order valence-corrected chi connectivity index (χ2v) is 4.01. The number of nitrogens with zero attached hydrogens (tertiary/aromatic N) is 3. The van der Waals surface area contributed by atoms with Crippen LogP contribution >= 0.6 is 11.5 Å². The molecule has 6 nitrogen and oxygen atoms in total. The minimum atomic E-state index is -0.676. The maximum atomic E-state index is 13.6. The standard InChI is InChI=1S/C11H7FN4O2S/c12-9-4-3-7(2-1-5-17)6-8(9)10(18)13-11-14-15-16-19-11/h3-4,6,17H,5H2,(H,13,14,16,18). The Bertz CT molecular complexity index is 648. The summed E-state index contributed by atoms with van der Waals surface area (Å²) in [5.41, 5.74) is 0.260.